The maximum Gasteiger partial charge on any atom is 0.287 e. The first-order valence-electron chi connectivity index (χ1n) is 11.1. The molecule has 0 fully saturated rings. The standard InChI is InChI=1S/C28H20BN2O2/c1-17-8-3-4-9-18(17)28-19-14-26-21(15-22(19)30-16-31(28)2)29-20-10-5-6-11-23(20)32-24-12-7-13-25(33-26)27(24)29/h3-16H,1-2H3/q+1. The number of nitrogens with zero attached hydrogens (tertiary/aromatic N) is 2. The van der Waals surface area contributed by atoms with Gasteiger partial charge < -0.3 is 9.47 Å². The van der Waals surface area contributed by atoms with E-state index in [1.54, 1.807) is 0 Å². The topological polar surface area (TPSA) is 35.2 Å². The number of benzene rings is 4. The Morgan fingerprint density at radius 1 is 0.758 bits per heavy atom. The summed E-state index contributed by atoms with van der Waals surface area (Å²) in [5.41, 5.74) is 7.88. The average molecular weight is 427 g/mol. The fraction of sp³-hybridized carbons (Fsp3) is 0.0714. The van der Waals surface area contributed by atoms with Gasteiger partial charge in [0, 0.05) is 11.0 Å². The summed E-state index contributed by atoms with van der Waals surface area (Å²) in [5.74, 6) is 3.48. The number of fused-ring (bicyclic) bond motifs is 5. The number of aryl methyl sites for hydroxylation is 2. The van der Waals surface area contributed by atoms with Gasteiger partial charge in [0.05, 0.1) is 12.4 Å². The molecule has 0 N–H and O–H groups in total. The highest BCUT2D eigenvalue weighted by Gasteiger charge is 2.40. The molecule has 156 valence electrons. The van der Waals surface area contributed by atoms with Gasteiger partial charge in [0.2, 0.25) is 0 Å². The molecule has 5 heteroatoms. The highest BCUT2D eigenvalue weighted by Crippen LogP contribution is 2.36. The molecule has 33 heavy (non-hydrogen) atoms. The average Bonchev–Trinajstić information content (AvgIpc) is 2.83. The number of ether oxygens (including phenoxy) is 2. The fourth-order valence-electron chi connectivity index (χ4n) is 5.28. The zero-order valence-electron chi connectivity index (χ0n) is 18.4. The molecule has 4 nitrogen and oxygen atoms in total. The summed E-state index contributed by atoms with van der Waals surface area (Å²) in [5, 5.41) is 1.08. The molecule has 2 aliphatic rings. The van der Waals surface area contributed by atoms with Crippen LogP contribution in [0.5, 0.6) is 23.0 Å². The molecule has 0 bridgehead atoms. The lowest BCUT2D eigenvalue weighted by Crippen LogP contribution is -2.57. The number of para-hydroxylation sites is 1. The van der Waals surface area contributed by atoms with Gasteiger partial charge in [-0.15, -0.1) is 0 Å². The molecule has 0 amide bonds. The summed E-state index contributed by atoms with van der Waals surface area (Å²) >= 11 is 0. The van der Waals surface area contributed by atoms with Gasteiger partial charge in [-0.25, -0.2) is 4.57 Å². The third kappa shape index (κ3) is 2.59. The predicted octanol–water partition coefficient (Wildman–Crippen LogP) is 3.76. The van der Waals surface area contributed by atoms with Crippen molar-refractivity contribution in [2.45, 2.75) is 6.92 Å². The Kier molecular flexibility index (Phi) is 3.74. The number of hydrogen-bond donors (Lipinski definition) is 0. The maximum absolute atomic E-state index is 6.49. The van der Waals surface area contributed by atoms with E-state index >= 15 is 0 Å². The smallest absolute Gasteiger partial charge is 0.287 e. The first-order valence-corrected chi connectivity index (χ1v) is 11.1. The van der Waals surface area contributed by atoms with Crippen LogP contribution in [-0.2, 0) is 7.05 Å². The minimum atomic E-state index is 0.0481. The van der Waals surface area contributed by atoms with E-state index < -0.39 is 0 Å². The zero-order chi connectivity index (χ0) is 22.1. The second kappa shape index (κ2) is 6.69. The van der Waals surface area contributed by atoms with Crippen LogP contribution in [-0.4, -0.2) is 11.7 Å². The summed E-state index contributed by atoms with van der Waals surface area (Å²) < 4.78 is 14.8. The molecular formula is C28H20BN2O2+. The highest BCUT2D eigenvalue weighted by molar-refractivity contribution is 6.98. The summed E-state index contributed by atoms with van der Waals surface area (Å²) in [4.78, 5) is 4.80. The van der Waals surface area contributed by atoms with Gasteiger partial charge in [-0.1, -0.05) is 48.5 Å². The molecule has 7 rings (SSSR count). The summed E-state index contributed by atoms with van der Waals surface area (Å²) in [7, 11) is 2.05. The second-order valence-electron chi connectivity index (χ2n) is 8.77. The van der Waals surface area contributed by atoms with Crippen molar-refractivity contribution < 1.29 is 14.0 Å². The molecule has 0 spiro atoms. The van der Waals surface area contributed by atoms with Gasteiger partial charge >= 0.3 is 0 Å². The molecule has 5 aromatic rings. The van der Waals surface area contributed by atoms with Gasteiger partial charge in [-0.3, -0.25) is 0 Å². The molecule has 0 aliphatic carbocycles. The molecule has 0 saturated heterocycles. The van der Waals surface area contributed by atoms with Crippen molar-refractivity contribution in [3.05, 3.63) is 90.8 Å². The Labute approximate surface area is 192 Å². The lowest BCUT2D eigenvalue weighted by molar-refractivity contribution is -0.662. The minimum Gasteiger partial charge on any atom is -0.458 e. The Hall–Kier alpha value is -4.12. The van der Waals surface area contributed by atoms with Crippen LogP contribution in [0.3, 0.4) is 0 Å². The Balaban J connectivity index is 1.53. The highest BCUT2D eigenvalue weighted by atomic mass is 16.5. The quantitative estimate of drug-likeness (QED) is 0.296. The summed E-state index contributed by atoms with van der Waals surface area (Å²) in [6.07, 6.45) is 1.90. The molecule has 3 heterocycles. The van der Waals surface area contributed by atoms with E-state index in [0.717, 1.165) is 56.0 Å². The van der Waals surface area contributed by atoms with Crippen LogP contribution in [0.15, 0.2) is 85.2 Å². The van der Waals surface area contributed by atoms with Crippen LogP contribution in [0.2, 0.25) is 0 Å². The monoisotopic (exact) mass is 427 g/mol. The molecule has 1 aromatic heterocycles. The fourth-order valence-corrected chi connectivity index (χ4v) is 5.28. The lowest BCUT2D eigenvalue weighted by atomic mass is 9.35. The van der Waals surface area contributed by atoms with E-state index in [1.807, 2.05) is 43.7 Å². The van der Waals surface area contributed by atoms with Crippen LogP contribution in [0.1, 0.15) is 5.56 Å². The maximum atomic E-state index is 6.49. The number of rotatable bonds is 1. The lowest BCUT2D eigenvalue weighted by Gasteiger charge is -2.32. The normalized spacial score (nSPS) is 13.0. The first-order chi connectivity index (χ1) is 16.2. The summed E-state index contributed by atoms with van der Waals surface area (Å²) in [6, 6.07) is 27.1. The van der Waals surface area contributed by atoms with Crippen molar-refractivity contribution in [1.29, 1.82) is 0 Å². The molecule has 0 radical (unpaired) electrons. The molecule has 4 aromatic carbocycles. The Morgan fingerprint density at radius 2 is 1.48 bits per heavy atom. The van der Waals surface area contributed by atoms with E-state index in [-0.39, 0.29) is 6.71 Å². The molecule has 0 atom stereocenters. The van der Waals surface area contributed by atoms with Crippen LogP contribution in [0, 0.1) is 6.92 Å². The SMILES string of the molecule is Cc1ccccc1-c1c2cc3c(cc2nc[n+]1C)B1c2ccccc2Oc2cccc(c21)O3. The van der Waals surface area contributed by atoms with E-state index in [1.165, 1.54) is 11.1 Å². The van der Waals surface area contributed by atoms with Crippen molar-refractivity contribution in [1.82, 2.24) is 4.98 Å². The largest absolute Gasteiger partial charge is 0.458 e. The van der Waals surface area contributed by atoms with E-state index in [4.69, 9.17) is 14.5 Å². The van der Waals surface area contributed by atoms with Crippen LogP contribution < -0.4 is 30.4 Å². The first kappa shape index (κ1) is 18.5. The summed E-state index contributed by atoms with van der Waals surface area (Å²) in [6.45, 7) is 2.19. The Bertz CT molecular complexity index is 1610. The van der Waals surface area contributed by atoms with Crippen molar-refractivity contribution >= 4 is 34.0 Å². The third-order valence-corrected chi connectivity index (χ3v) is 6.80. The minimum absolute atomic E-state index is 0.0481. The van der Waals surface area contributed by atoms with E-state index in [9.17, 15) is 0 Å². The second-order valence-corrected chi connectivity index (χ2v) is 8.77. The van der Waals surface area contributed by atoms with Crippen molar-refractivity contribution in [3.63, 3.8) is 0 Å². The van der Waals surface area contributed by atoms with Gasteiger partial charge in [-0.05, 0) is 58.7 Å². The number of hydrogen-bond acceptors (Lipinski definition) is 3. The number of aromatic nitrogens is 2. The van der Waals surface area contributed by atoms with Crippen LogP contribution in [0.25, 0.3) is 22.2 Å². The molecule has 0 saturated carbocycles. The van der Waals surface area contributed by atoms with Gasteiger partial charge in [0.15, 0.2) is 5.52 Å². The van der Waals surface area contributed by atoms with Crippen molar-refractivity contribution in [2.75, 3.05) is 0 Å². The van der Waals surface area contributed by atoms with Crippen molar-refractivity contribution in [2.24, 2.45) is 7.05 Å². The molecular weight excluding hydrogens is 407 g/mol. The predicted molar refractivity (Wildman–Crippen MR) is 131 cm³/mol. The van der Waals surface area contributed by atoms with Gasteiger partial charge in [-0.2, -0.15) is 0 Å². The van der Waals surface area contributed by atoms with Gasteiger partial charge in [0.25, 0.3) is 13.0 Å². The third-order valence-electron chi connectivity index (χ3n) is 6.80. The molecule has 2 aliphatic heterocycles. The van der Waals surface area contributed by atoms with Crippen molar-refractivity contribution in [3.8, 4) is 34.3 Å². The van der Waals surface area contributed by atoms with E-state index in [0.29, 0.717) is 0 Å². The van der Waals surface area contributed by atoms with Gasteiger partial charge in [0.1, 0.15) is 28.7 Å². The van der Waals surface area contributed by atoms with Crippen LogP contribution >= 0.6 is 0 Å². The van der Waals surface area contributed by atoms with Crippen LogP contribution in [0.4, 0.5) is 0 Å². The Morgan fingerprint density at radius 3 is 2.33 bits per heavy atom. The zero-order valence-corrected chi connectivity index (χ0v) is 18.4. The van der Waals surface area contributed by atoms with E-state index in [2.05, 4.69) is 60.0 Å². The molecule has 0 unspecified atom stereocenters.